The molecule has 2 rings (SSSR count). The molecule has 0 aliphatic carbocycles. The van der Waals surface area contributed by atoms with Crippen LogP contribution in [0.2, 0.25) is 0 Å². The average molecular weight is 163 g/mol. The lowest BCUT2D eigenvalue weighted by molar-refractivity contribution is 0.513. The van der Waals surface area contributed by atoms with Gasteiger partial charge in [0.15, 0.2) is 0 Å². The van der Waals surface area contributed by atoms with Gasteiger partial charge < -0.3 is 14.6 Å². The first-order valence-corrected chi connectivity index (χ1v) is 3.71. The van der Waals surface area contributed by atoms with Crippen molar-refractivity contribution in [3.63, 3.8) is 0 Å². The zero-order valence-electron chi connectivity index (χ0n) is 6.49. The molecule has 0 aliphatic rings. The maximum Gasteiger partial charge on any atom is 0.125 e. The first-order chi connectivity index (χ1) is 5.92. The molecule has 0 unspecified atom stereocenters. The molecule has 0 spiro atoms. The first kappa shape index (κ1) is 7.18. The summed E-state index contributed by atoms with van der Waals surface area (Å²) >= 11 is 0. The molecule has 0 radical (unpaired) electrons. The van der Waals surface area contributed by atoms with E-state index >= 15 is 0 Å². The predicted octanol–water partition coefficient (Wildman–Crippen LogP) is 2.00. The molecule has 2 N–H and O–H groups in total. The molecule has 3 nitrogen and oxygen atoms in total. The van der Waals surface area contributed by atoms with Crippen molar-refractivity contribution in [2.24, 2.45) is 5.73 Å². The number of furan rings is 2. The zero-order valence-corrected chi connectivity index (χ0v) is 6.49. The Morgan fingerprint density at radius 1 is 1.25 bits per heavy atom. The van der Waals surface area contributed by atoms with Crippen LogP contribution in [-0.4, -0.2) is 0 Å². The summed E-state index contributed by atoms with van der Waals surface area (Å²) in [6, 6.07) is 3.76. The van der Waals surface area contributed by atoms with Crippen LogP contribution in [-0.2, 0) is 6.54 Å². The van der Waals surface area contributed by atoms with Gasteiger partial charge in [-0.05, 0) is 12.1 Å². The van der Waals surface area contributed by atoms with E-state index in [1.54, 1.807) is 18.8 Å². The Hall–Kier alpha value is -1.48. The highest BCUT2D eigenvalue weighted by Gasteiger charge is 2.06. The third-order valence-electron chi connectivity index (χ3n) is 1.76. The maximum atomic E-state index is 5.48. The van der Waals surface area contributed by atoms with Crippen LogP contribution in [0.1, 0.15) is 5.76 Å². The molecule has 0 atom stereocenters. The second-order valence-corrected chi connectivity index (χ2v) is 2.47. The summed E-state index contributed by atoms with van der Waals surface area (Å²) in [6.07, 6.45) is 4.93. The summed E-state index contributed by atoms with van der Waals surface area (Å²) in [4.78, 5) is 0. The van der Waals surface area contributed by atoms with Gasteiger partial charge in [-0.3, -0.25) is 0 Å². The third kappa shape index (κ3) is 1.04. The summed E-state index contributed by atoms with van der Waals surface area (Å²) in [5.74, 6) is 0.788. The lowest BCUT2D eigenvalue weighted by atomic mass is 10.1. The van der Waals surface area contributed by atoms with Crippen molar-refractivity contribution in [3.05, 3.63) is 36.7 Å². The monoisotopic (exact) mass is 163 g/mol. The van der Waals surface area contributed by atoms with Crippen molar-refractivity contribution in [1.29, 1.82) is 0 Å². The Kier molecular flexibility index (Phi) is 1.72. The van der Waals surface area contributed by atoms with Gasteiger partial charge in [0.05, 0.1) is 25.3 Å². The molecule has 0 saturated heterocycles. The van der Waals surface area contributed by atoms with Crippen molar-refractivity contribution in [2.45, 2.75) is 6.54 Å². The fraction of sp³-hybridized carbons (Fsp3) is 0.111. The molecule has 2 heterocycles. The molecule has 2 aromatic heterocycles. The molecule has 2 aromatic rings. The number of nitrogens with two attached hydrogens (primary N) is 1. The molecule has 0 amide bonds. The normalized spacial score (nSPS) is 10.4. The van der Waals surface area contributed by atoms with Gasteiger partial charge in [-0.1, -0.05) is 0 Å². The number of hydrogen-bond acceptors (Lipinski definition) is 3. The van der Waals surface area contributed by atoms with Crippen molar-refractivity contribution < 1.29 is 8.83 Å². The summed E-state index contributed by atoms with van der Waals surface area (Å²) in [5.41, 5.74) is 7.49. The predicted molar refractivity (Wildman–Crippen MR) is 44.3 cm³/mol. The van der Waals surface area contributed by atoms with Crippen molar-refractivity contribution in [1.82, 2.24) is 0 Å². The molecular weight excluding hydrogens is 154 g/mol. The van der Waals surface area contributed by atoms with Gasteiger partial charge in [0.2, 0.25) is 0 Å². The summed E-state index contributed by atoms with van der Waals surface area (Å²) in [7, 11) is 0. The molecule has 0 aliphatic heterocycles. The van der Waals surface area contributed by atoms with Gasteiger partial charge in [-0.15, -0.1) is 0 Å². The summed E-state index contributed by atoms with van der Waals surface area (Å²) in [6.45, 7) is 0.410. The Balaban J connectivity index is 2.46. The van der Waals surface area contributed by atoms with Crippen LogP contribution in [0.5, 0.6) is 0 Å². The average Bonchev–Trinajstić information content (AvgIpc) is 2.74. The van der Waals surface area contributed by atoms with Gasteiger partial charge in [0, 0.05) is 11.1 Å². The first-order valence-electron chi connectivity index (χ1n) is 3.71. The highest BCUT2D eigenvalue weighted by atomic mass is 16.3. The molecule has 0 saturated carbocycles. The van der Waals surface area contributed by atoms with Crippen LogP contribution in [0.3, 0.4) is 0 Å². The van der Waals surface area contributed by atoms with Crippen molar-refractivity contribution in [3.8, 4) is 11.1 Å². The molecule has 0 aromatic carbocycles. The quantitative estimate of drug-likeness (QED) is 0.736. The highest BCUT2D eigenvalue weighted by Crippen LogP contribution is 2.24. The SMILES string of the molecule is NCc1occc1-c1ccoc1. The minimum Gasteiger partial charge on any atom is -0.472 e. The zero-order chi connectivity index (χ0) is 8.39. The minimum absolute atomic E-state index is 0.410. The third-order valence-corrected chi connectivity index (χ3v) is 1.76. The van der Waals surface area contributed by atoms with Gasteiger partial charge in [-0.25, -0.2) is 0 Å². The Morgan fingerprint density at radius 3 is 2.83 bits per heavy atom. The molecule has 0 fully saturated rings. The van der Waals surface area contributed by atoms with E-state index < -0.39 is 0 Å². The molecule has 12 heavy (non-hydrogen) atoms. The molecule has 62 valence electrons. The molecule has 3 heteroatoms. The fourth-order valence-electron chi connectivity index (χ4n) is 1.17. The van der Waals surface area contributed by atoms with Gasteiger partial charge in [0.25, 0.3) is 0 Å². The van der Waals surface area contributed by atoms with Crippen LogP contribution >= 0.6 is 0 Å². The molecular formula is C9H9NO2. The Labute approximate surface area is 69.8 Å². The van der Waals surface area contributed by atoms with Crippen molar-refractivity contribution >= 4 is 0 Å². The Morgan fingerprint density at radius 2 is 2.17 bits per heavy atom. The van der Waals surface area contributed by atoms with E-state index in [4.69, 9.17) is 14.6 Å². The van der Waals surface area contributed by atoms with Gasteiger partial charge >= 0.3 is 0 Å². The van der Waals surface area contributed by atoms with Crippen LogP contribution in [0.25, 0.3) is 11.1 Å². The molecule has 0 bridgehead atoms. The highest BCUT2D eigenvalue weighted by molar-refractivity contribution is 5.63. The van der Waals surface area contributed by atoms with Crippen LogP contribution < -0.4 is 5.73 Å². The van der Waals surface area contributed by atoms with E-state index in [-0.39, 0.29) is 0 Å². The minimum atomic E-state index is 0.410. The topological polar surface area (TPSA) is 52.3 Å². The second kappa shape index (κ2) is 2.87. The largest absolute Gasteiger partial charge is 0.472 e. The van der Waals surface area contributed by atoms with Gasteiger partial charge in [-0.2, -0.15) is 0 Å². The fourth-order valence-corrected chi connectivity index (χ4v) is 1.17. The standard InChI is InChI=1S/C9H9NO2/c10-5-9-8(2-4-12-9)7-1-3-11-6-7/h1-4,6H,5,10H2. The Bertz CT molecular complexity index is 348. The van der Waals surface area contributed by atoms with E-state index in [2.05, 4.69) is 0 Å². The summed E-state index contributed by atoms with van der Waals surface area (Å²) in [5, 5.41) is 0. The number of rotatable bonds is 2. The van der Waals surface area contributed by atoms with E-state index in [0.717, 1.165) is 16.9 Å². The van der Waals surface area contributed by atoms with Crippen LogP contribution in [0.4, 0.5) is 0 Å². The van der Waals surface area contributed by atoms with E-state index in [1.165, 1.54) is 0 Å². The van der Waals surface area contributed by atoms with Crippen LogP contribution in [0, 0.1) is 0 Å². The van der Waals surface area contributed by atoms with E-state index in [1.807, 2.05) is 12.1 Å². The van der Waals surface area contributed by atoms with E-state index in [0.29, 0.717) is 6.54 Å². The smallest absolute Gasteiger partial charge is 0.125 e. The van der Waals surface area contributed by atoms with Crippen molar-refractivity contribution in [2.75, 3.05) is 0 Å². The lowest BCUT2D eigenvalue weighted by Gasteiger charge is -1.93. The summed E-state index contributed by atoms with van der Waals surface area (Å²) < 4.78 is 10.1. The maximum absolute atomic E-state index is 5.48. The second-order valence-electron chi connectivity index (χ2n) is 2.47. The van der Waals surface area contributed by atoms with Gasteiger partial charge in [0.1, 0.15) is 5.76 Å². The lowest BCUT2D eigenvalue weighted by Crippen LogP contribution is -1.95. The van der Waals surface area contributed by atoms with E-state index in [9.17, 15) is 0 Å². The van der Waals surface area contributed by atoms with Crippen LogP contribution in [0.15, 0.2) is 39.8 Å². The number of hydrogen-bond donors (Lipinski definition) is 1.